The van der Waals surface area contributed by atoms with Crippen molar-refractivity contribution in [1.29, 1.82) is 0 Å². The molecule has 5 nitrogen and oxygen atoms in total. The van der Waals surface area contributed by atoms with Gasteiger partial charge in [-0.1, -0.05) is 41.4 Å². The third-order valence-corrected chi connectivity index (χ3v) is 3.85. The van der Waals surface area contributed by atoms with Gasteiger partial charge in [-0.05, 0) is 36.5 Å². The Labute approximate surface area is 153 Å². The van der Waals surface area contributed by atoms with Gasteiger partial charge in [0.25, 0.3) is 5.88 Å². The molecule has 3 aromatic rings. The average Bonchev–Trinajstić information content (AvgIpc) is 2.53. The lowest BCUT2D eigenvalue weighted by Gasteiger charge is -2.12. The van der Waals surface area contributed by atoms with Gasteiger partial charge in [-0.15, -0.1) is 0 Å². The number of nitrogens with zero attached hydrogens (tertiary/aromatic N) is 2. The molecule has 0 bridgehead atoms. The number of nitrogens with one attached hydrogen (secondary N) is 1. The summed E-state index contributed by atoms with van der Waals surface area (Å²) in [7, 11) is 0. The van der Waals surface area contributed by atoms with Crippen LogP contribution in [0.25, 0.3) is 11.0 Å². The first-order valence-corrected chi connectivity index (χ1v) is 8.09. The molecule has 0 radical (unpaired) electrons. The molecule has 0 saturated carbocycles. The van der Waals surface area contributed by atoms with E-state index < -0.39 is 0 Å². The number of anilines is 1. The summed E-state index contributed by atoms with van der Waals surface area (Å²) < 4.78 is 5.77. The summed E-state index contributed by atoms with van der Waals surface area (Å²) in [6.45, 7) is 0.203. The highest BCUT2D eigenvalue weighted by Crippen LogP contribution is 2.26. The van der Waals surface area contributed by atoms with Crippen LogP contribution in [0, 0.1) is 0 Å². The molecule has 3 rings (SSSR count). The van der Waals surface area contributed by atoms with E-state index in [4.69, 9.17) is 45.9 Å². The number of aromatic nitrogens is 2. The molecular formula is C16H12Cl2N4OS. The number of ether oxygens (including phenoxy) is 1. The number of hydrogen-bond acceptors (Lipinski definition) is 4. The van der Waals surface area contributed by atoms with Gasteiger partial charge in [-0.25, -0.2) is 9.97 Å². The minimum absolute atomic E-state index is 0.0777. The largest absolute Gasteiger partial charge is 0.470 e. The molecule has 0 fully saturated rings. The summed E-state index contributed by atoms with van der Waals surface area (Å²) in [6, 6.07) is 12.6. The van der Waals surface area contributed by atoms with Crippen molar-refractivity contribution in [3.63, 3.8) is 0 Å². The molecule has 8 heteroatoms. The fourth-order valence-corrected chi connectivity index (χ4v) is 2.63. The lowest BCUT2D eigenvalue weighted by Crippen LogP contribution is -2.20. The number of hydrogen-bond donors (Lipinski definition) is 2. The van der Waals surface area contributed by atoms with Gasteiger partial charge in [0.1, 0.15) is 6.61 Å². The molecule has 122 valence electrons. The second-order valence-corrected chi connectivity index (χ2v) is 6.16. The Morgan fingerprint density at radius 3 is 2.50 bits per heavy atom. The summed E-state index contributed by atoms with van der Waals surface area (Å²) in [6.07, 6.45) is 0. The first-order valence-electron chi connectivity index (χ1n) is 6.93. The number of halogens is 2. The van der Waals surface area contributed by atoms with Crippen molar-refractivity contribution in [2.24, 2.45) is 5.73 Å². The molecule has 1 aromatic heterocycles. The zero-order chi connectivity index (χ0) is 17.1. The highest BCUT2D eigenvalue weighted by Gasteiger charge is 2.12. The number of nitrogens with two attached hydrogens (primary N) is 1. The zero-order valence-electron chi connectivity index (χ0n) is 12.3. The van der Waals surface area contributed by atoms with E-state index in [1.54, 1.807) is 18.2 Å². The minimum Gasteiger partial charge on any atom is -0.470 e. The van der Waals surface area contributed by atoms with Crippen LogP contribution in [0.5, 0.6) is 5.88 Å². The van der Waals surface area contributed by atoms with Gasteiger partial charge in [0.2, 0.25) is 0 Å². The Morgan fingerprint density at radius 1 is 1.12 bits per heavy atom. The maximum Gasteiger partial charge on any atom is 0.258 e. The predicted octanol–water partition coefficient (Wildman–Crippen LogP) is 4.17. The lowest BCUT2D eigenvalue weighted by atomic mass is 10.2. The van der Waals surface area contributed by atoms with Crippen molar-refractivity contribution in [3.05, 3.63) is 58.1 Å². The van der Waals surface area contributed by atoms with E-state index in [-0.39, 0.29) is 17.6 Å². The molecule has 0 aliphatic rings. The summed E-state index contributed by atoms with van der Waals surface area (Å²) in [5, 5.41) is 3.93. The van der Waals surface area contributed by atoms with Gasteiger partial charge in [-0.3, -0.25) is 0 Å². The van der Waals surface area contributed by atoms with Crippen molar-refractivity contribution in [2.75, 3.05) is 5.32 Å². The maximum absolute atomic E-state index is 6.16. The Balaban J connectivity index is 1.92. The topological polar surface area (TPSA) is 73.1 Å². The SMILES string of the molecule is NC(=S)Nc1nc2ccccc2nc1OCc1ccc(Cl)cc1Cl. The van der Waals surface area contributed by atoms with Crippen LogP contribution in [0.3, 0.4) is 0 Å². The molecule has 0 aliphatic heterocycles. The number of thiocarbonyl (C=S) groups is 1. The van der Waals surface area contributed by atoms with Crippen molar-refractivity contribution in [2.45, 2.75) is 6.61 Å². The molecule has 0 unspecified atom stereocenters. The van der Waals surface area contributed by atoms with Crippen molar-refractivity contribution in [3.8, 4) is 5.88 Å². The Morgan fingerprint density at radius 2 is 1.83 bits per heavy atom. The highest BCUT2D eigenvalue weighted by molar-refractivity contribution is 7.80. The second kappa shape index (κ2) is 7.17. The van der Waals surface area contributed by atoms with E-state index in [0.717, 1.165) is 5.56 Å². The van der Waals surface area contributed by atoms with Gasteiger partial charge < -0.3 is 15.8 Å². The summed E-state index contributed by atoms with van der Waals surface area (Å²) in [5.41, 5.74) is 7.72. The monoisotopic (exact) mass is 378 g/mol. The molecule has 1 heterocycles. The molecular weight excluding hydrogens is 367 g/mol. The van der Waals surface area contributed by atoms with Crippen molar-refractivity contribution in [1.82, 2.24) is 9.97 Å². The Hall–Kier alpha value is -2.15. The fraction of sp³-hybridized carbons (Fsp3) is 0.0625. The molecule has 2 aromatic carbocycles. The van der Waals surface area contributed by atoms with Crippen LogP contribution in [0.4, 0.5) is 5.82 Å². The van der Waals surface area contributed by atoms with Gasteiger partial charge in [0.05, 0.1) is 11.0 Å². The molecule has 24 heavy (non-hydrogen) atoms. The zero-order valence-corrected chi connectivity index (χ0v) is 14.6. The van der Waals surface area contributed by atoms with E-state index in [9.17, 15) is 0 Å². The van der Waals surface area contributed by atoms with Crippen LogP contribution >= 0.6 is 35.4 Å². The molecule has 3 N–H and O–H groups in total. The molecule has 0 atom stereocenters. The predicted molar refractivity (Wildman–Crippen MR) is 101 cm³/mol. The first-order chi connectivity index (χ1) is 11.5. The second-order valence-electron chi connectivity index (χ2n) is 4.88. The van der Waals surface area contributed by atoms with Gasteiger partial charge in [0, 0.05) is 15.6 Å². The lowest BCUT2D eigenvalue weighted by molar-refractivity contribution is 0.296. The van der Waals surface area contributed by atoms with Crippen molar-refractivity contribution >= 4 is 57.4 Å². The van der Waals surface area contributed by atoms with E-state index in [1.807, 2.05) is 24.3 Å². The van der Waals surface area contributed by atoms with Crippen LogP contribution in [0.1, 0.15) is 5.56 Å². The summed E-state index contributed by atoms with van der Waals surface area (Å²) in [5.74, 6) is 0.638. The summed E-state index contributed by atoms with van der Waals surface area (Å²) in [4.78, 5) is 8.90. The Bertz CT molecular complexity index is 920. The van der Waals surface area contributed by atoms with Crippen LogP contribution < -0.4 is 15.8 Å². The maximum atomic E-state index is 6.16. The van der Waals surface area contributed by atoms with Gasteiger partial charge >= 0.3 is 0 Å². The fourth-order valence-electron chi connectivity index (χ4n) is 2.07. The minimum atomic E-state index is 0.0777. The van der Waals surface area contributed by atoms with Crippen LogP contribution in [0.15, 0.2) is 42.5 Å². The first kappa shape index (κ1) is 16.7. The van der Waals surface area contributed by atoms with E-state index in [1.165, 1.54) is 0 Å². The third-order valence-electron chi connectivity index (χ3n) is 3.16. The highest BCUT2D eigenvalue weighted by atomic mass is 35.5. The van der Waals surface area contributed by atoms with Gasteiger partial charge in [-0.2, -0.15) is 0 Å². The standard InChI is InChI=1S/C16H12Cl2N4OS/c17-10-6-5-9(11(18)7-10)8-23-15-14(22-16(19)24)20-12-3-1-2-4-13(12)21-15/h1-7H,8H2,(H3,19,20,22,24). The van der Waals surface area contributed by atoms with Crippen LogP contribution in [-0.2, 0) is 6.61 Å². The van der Waals surface area contributed by atoms with Crippen LogP contribution in [0.2, 0.25) is 10.0 Å². The smallest absolute Gasteiger partial charge is 0.258 e. The van der Waals surface area contributed by atoms with E-state index in [2.05, 4.69) is 15.3 Å². The normalized spacial score (nSPS) is 10.6. The molecule has 0 amide bonds. The molecule has 0 aliphatic carbocycles. The Kier molecular flexibility index (Phi) is 4.99. The van der Waals surface area contributed by atoms with Gasteiger partial charge in [0.15, 0.2) is 10.9 Å². The number of rotatable bonds is 4. The number of para-hydroxylation sites is 2. The summed E-state index contributed by atoms with van der Waals surface area (Å²) >= 11 is 16.9. The van der Waals surface area contributed by atoms with Crippen LogP contribution in [-0.4, -0.2) is 15.1 Å². The van der Waals surface area contributed by atoms with Crippen molar-refractivity contribution < 1.29 is 4.74 Å². The number of fused-ring (bicyclic) bond motifs is 1. The number of benzene rings is 2. The van der Waals surface area contributed by atoms with E-state index in [0.29, 0.717) is 26.9 Å². The molecule has 0 spiro atoms. The quantitative estimate of drug-likeness (QED) is 0.663. The molecule has 0 saturated heterocycles. The van der Waals surface area contributed by atoms with E-state index >= 15 is 0 Å². The third kappa shape index (κ3) is 3.84. The average molecular weight is 379 g/mol.